The zero-order valence-corrected chi connectivity index (χ0v) is 17.5. The maximum atomic E-state index is 13.1. The molecule has 1 aliphatic heterocycles. The second-order valence-corrected chi connectivity index (χ2v) is 8.11. The molecule has 2 aromatic rings. The molecule has 1 aliphatic carbocycles. The number of rotatable bonds is 6. The molecular formula is C26H27NO3. The van der Waals surface area contributed by atoms with Crippen LogP contribution in [0.5, 0.6) is 5.75 Å². The Hall–Kier alpha value is -3.14. The standard InChI is InChI=1S/C26H27NO3/c1-18(28)25-17-27(16-19-6-4-3-5-7-19)13-12-21(25)14-22-9-8-20-15-23(30-2)10-11-24(20)26(22)29/h3-7,10-13,15,17,21-22H,8-9,14,16H2,1-2H3. The van der Waals surface area contributed by atoms with Gasteiger partial charge in [-0.1, -0.05) is 36.4 Å². The van der Waals surface area contributed by atoms with E-state index in [0.29, 0.717) is 6.42 Å². The van der Waals surface area contributed by atoms with Gasteiger partial charge in [0.15, 0.2) is 11.6 Å². The van der Waals surface area contributed by atoms with Gasteiger partial charge in [0.2, 0.25) is 0 Å². The van der Waals surface area contributed by atoms with Gasteiger partial charge in [0.05, 0.1) is 7.11 Å². The van der Waals surface area contributed by atoms with E-state index in [-0.39, 0.29) is 23.4 Å². The molecule has 4 nitrogen and oxygen atoms in total. The zero-order chi connectivity index (χ0) is 21.1. The van der Waals surface area contributed by atoms with Gasteiger partial charge in [-0.15, -0.1) is 0 Å². The van der Waals surface area contributed by atoms with Gasteiger partial charge in [-0.05, 0) is 55.5 Å². The Kier molecular flexibility index (Phi) is 5.84. The first-order valence-electron chi connectivity index (χ1n) is 10.5. The number of carbonyl (C=O) groups is 2. The lowest BCUT2D eigenvalue weighted by Gasteiger charge is -2.30. The van der Waals surface area contributed by atoms with Crippen molar-refractivity contribution < 1.29 is 14.3 Å². The number of carbonyl (C=O) groups excluding carboxylic acids is 2. The van der Waals surface area contributed by atoms with Crippen LogP contribution >= 0.6 is 0 Å². The third-order valence-electron chi connectivity index (χ3n) is 6.08. The molecule has 0 aromatic heterocycles. The Balaban J connectivity index is 1.49. The number of benzene rings is 2. The van der Waals surface area contributed by atoms with Crippen molar-refractivity contribution in [3.8, 4) is 5.75 Å². The smallest absolute Gasteiger partial charge is 0.166 e. The van der Waals surface area contributed by atoms with Crippen LogP contribution in [0.3, 0.4) is 0 Å². The molecule has 4 heteroatoms. The van der Waals surface area contributed by atoms with E-state index in [2.05, 4.69) is 18.2 Å². The molecule has 154 valence electrons. The molecule has 2 aromatic carbocycles. The Morgan fingerprint density at radius 1 is 1.17 bits per heavy atom. The van der Waals surface area contributed by atoms with Crippen molar-refractivity contribution in [3.63, 3.8) is 0 Å². The second-order valence-electron chi connectivity index (χ2n) is 8.11. The number of Topliss-reactive ketones (excluding diaryl/α,β-unsaturated/α-hetero) is 2. The van der Waals surface area contributed by atoms with Crippen LogP contribution in [0, 0.1) is 11.8 Å². The first-order valence-corrected chi connectivity index (χ1v) is 10.5. The maximum absolute atomic E-state index is 13.1. The fourth-order valence-electron chi connectivity index (χ4n) is 4.44. The van der Waals surface area contributed by atoms with Gasteiger partial charge in [-0.2, -0.15) is 0 Å². The lowest BCUT2D eigenvalue weighted by atomic mass is 9.76. The number of ether oxygens (including phenoxy) is 1. The lowest BCUT2D eigenvalue weighted by molar-refractivity contribution is -0.114. The van der Waals surface area contributed by atoms with Crippen molar-refractivity contribution in [2.75, 3.05) is 7.11 Å². The highest BCUT2D eigenvalue weighted by Gasteiger charge is 2.32. The van der Waals surface area contributed by atoms with Crippen LogP contribution in [-0.2, 0) is 17.8 Å². The first-order chi connectivity index (χ1) is 14.5. The van der Waals surface area contributed by atoms with Gasteiger partial charge in [0.1, 0.15) is 5.75 Å². The van der Waals surface area contributed by atoms with Crippen LogP contribution in [-0.4, -0.2) is 23.6 Å². The van der Waals surface area contributed by atoms with Crippen LogP contribution in [0.15, 0.2) is 72.6 Å². The molecule has 0 saturated heterocycles. The van der Waals surface area contributed by atoms with Gasteiger partial charge in [-0.3, -0.25) is 9.59 Å². The summed E-state index contributed by atoms with van der Waals surface area (Å²) in [5, 5.41) is 0. The van der Waals surface area contributed by atoms with E-state index in [9.17, 15) is 9.59 Å². The summed E-state index contributed by atoms with van der Waals surface area (Å²) in [5.41, 5.74) is 3.83. The number of nitrogens with zero attached hydrogens (tertiary/aromatic N) is 1. The van der Waals surface area contributed by atoms with E-state index in [0.717, 1.165) is 41.8 Å². The fourth-order valence-corrected chi connectivity index (χ4v) is 4.44. The average molecular weight is 402 g/mol. The fraction of sp³-hybridized carbons (Fsp3) is 0.308. The minimum atomic E-state index is -0.0658. The Bertz CT molecular complexity index is 1010. The number of hydrogen-bond donors (Lipinski definition) is 0. The van der Waals surface area contributed by atoms with Gasteiger partial charge in [0, 0.05) is 41.9 Å². The number of methoxy groups -OCH3 is 1. The quantitative estimate of drug-likeness (QED) is 0.687. The molecule has 30 heavy (non-hydrogen) atoms. The molecule has 0 radical (unpaired) electrons. The Labute approximate surface area is 177 Å². The summed E-state index contributed by atoms with van der Waals surface area (Å²) in [4.78, 5) is 27.5. The average Bonchev–Trinajstić information content (AvgIpc) is 2.77. The summed E-state index contributed by atoms with van der Waals surface area (Å²) in [5.74, 6) is 0.945. The van der Waals surface area contributed by atoms with E-state index in [1.807, 2.05) is 53.7 Å². The predicted molar refractivity (Wildman–Crippen MR) is 117 cm³/mol. The highest BCUT2D eigenvalue weighted by atomic mass is 16.5. The predicted octanol–water partition coefficient (Wildman–Crippen LogP) is 4.95. The minimum Gasteiger partial charge on any atom is -0.497 e. The van der Waals surface area contributed by atoms with Crippen molar-refractivity contribution in [2.24, 2.45) is 11.8 Å². The second kappa shape index (κ2) is 8.70. The van der Waals surface area contributed by atoms with Gasteiger partial charge < -0.3 is 9.64 Å². The third kappa shape index (κ3) is 4.23. The van der Waals surface area contributed by atoms with Crippen molar-refractivity contribution in [1.82, 2.24) is 4.90 Å². The molecule has 2 atom stereocenters. The van der Waals surface area contributed by atoms with E-state index in [4.69, 9.17) is 4.74 Å². The zero-order valence-electron chi connectivity index (χ0n) is 17.5. The highest BCUT2D eigenvalue weighted by Crippen LogP contribution is 2.35. The SMILES string of the molecule is COc1ccc2c(c1)CCC(CC1C=CN(Cc3ccccc3)C=C1C(C)=O)C2=O. The highest BCUT2D eigenvalue weighted by molar-refractivity contribution is 6.00. The number of aryl methyl sites for hydroxylation is 1. The Morgan fingerprint density at radius 2 is 1.97 bits per heavy atom. The molecule has 0 amide bonds. The minimum absolute atomic E-state index is 0.0247. The molecule has 0 bridgehead atoms. The number of fused-ring (bicyclic) bond motifs is 1. The summed E-state index contributed by atoms with van der Waals surface area (Å²) in [7, 11) is 1.64. The Morgan fingerprint density at radius 3 is 2.70 bits per heavy atom. The number of ketones is 2. The summed E-state index contributed by atoms with van der Waals surface area (Å²) < 4.78 is 5.29. The van der Waals surface area contributed by atoms with Gasteiger partial charge in [0.25, 0.3) is 0 Å². The lowest BCUT2D eigenvalue weighted by Crippen LogP contribution is -2.28. The molecule has 0 saturated carbocycles. The van der Waals surface area contributed by atoms with E-state index >= 15 is 0 Å². The van der Waals surface area contributed by atoms with Gasteiger partial charge in [-0.25, -0.2) is 0 Å². The van der Waals surface area contributed by atoms with Crippen LogP contribution in [0.2, 0.25) is 0 Å². The molecule has 2 aliphatic rings. The van der Waals surface area contributed by atoms with Crippen LogP contribution in [0.1, 0.15) is 41.3 Å². The van der Waals surface area contributed by atoms with E-state index < -0.39 is 0 Å². The first kappa shape index (κ1) is 20.1. The van der Waals surface area contributed by atoms with Crippen LogP contribution in [0.4, 0.5) is 0 Å². The largest absolute Gasteiger partial charge is 0.497 e. The topological polar surface area (TPSA) is 46.6 Å². The van der Waals surface area contributed by atoms with Crippen molar-refractivity contribution >= 4 is 11.6 Å². The molecule has 2 unspecified atom stereocenters. The monoisotopic (exact) mass is 401 g/mol. The van der Waals surface area contributed by atoms with Crippen LogP contribution < -0.4 is 4.74 Å². The molecule has 4 rings (SSSR count). The summed E-state index contributed by atoms with van der Waals surface area (Å²) in [6.07, 6.45) is 8.41. The van der Waals surface area contributed by atoms with Crippen molar-refractivity contribution in [1.29, 1.82) is 0 Å². The van der Waals surface area contributed by atoms with Crippen molar-refractivity contribution in [3.05, 3.63) is 89.3 Å². The third-order valence-corrected chi connectivity index (χ3v) is 6.08. The molecule has 1 heterocycles. The van der Waals surface area contributed by atoms with E-state index in [1.165, 1.54) is 5.56 Å². The number of allylic oxidation sites excluding steroid dienone is 2. The molecule has 0 spiro atoms. The summed E-state index contributed by atoms with van der Waals surface area (Å²) in [6, 6.07) is 15.9. The number of hydrogen-bond acceptors (Lipinski definition) is 4. The van der Waals surface area contributed by atoms with Crippen LogP contribution in [0.25, 0.3) is 0 Å². The van der Waals surface area contributed by atoms with Crippen molar-refractivity contribution in [2.45, 2.75) is 32.7 Å². The van der Waals surface area contributed by atoms with E-state index in [1.54, 1.807) is 14.0 Å². The van der Waals surface area contributed by atoms with Gasteiger partial charge >= 0.3 is 0 Å². The molecule has 0 N–H and O–H groups in total. The normalized spacial score (nSPS) is 20.5. The maximum Gasteiger partial charge on any atom is 0.166 e. The molecular weight excluding hydrogens is 374 g/mol. The summed E-state index contributed by atoms with van der Waals surface area (Å²) >= 11 is 0. The molecule has 0 fully saturated rings. The summed E-state index contributed by atoms with van der Waals surface area (Å²) in [6.45, 7) is 2.33.